The fourth-order valence-electron chi connectivity index (χ4n) is 2.94. The molecule has 1 fully saturated rings. The lowest BCUT2D eigenvalue weighted by atomic mass is 9.97. The number of carbonyl (C=O) groups is 1. The van der Waals surface area contributed by atoms with E-state index in [4.69, 9.17) is 0 Å². The SMILES string of the molecule is CC1CC(NC(=O)C2CSc3ccccc32)CCN1.Cl. The molecule has 0 aromatic heterocycles. The van der Waals surface area contributed by atoms with E-state index in [9.17, 15) is 4.79 Å². The van der Waals surface area contributed by atoms with Gasteiger partial charge in [-0.15, -0.1) is 24.2 Å². The smallest absolute Gasteiger partial charge is 0.228 e. The first-order chi connectivity index (χ1) is 9.24. The molecular weight excluding hydrogens is 292 g/mol. The molecule has 5 heteroatoms. The van der Waals surface area contributed by atoms with Crippen LogP contribution in [0.3, 0.4) is 0 Å². The fraction of sp³-hybridized carbons (Fsp3) is 0.533. The summed E-state index contributed by atoms with van der Waals surface area (Å²) < 4.78 is 0. The van der Waals surface area contributed by atoms with E-state index in [0.29, 0.717) is 12.1 Å². The molecule has 0 spiro atoms. The van der Waals surface area contributed by atoms with Crippen LogP contribution in [-0.2, 0) is 4.79 Å². The molecule has 3 atom stereocenters. The summed E-state index contributed by atoms with van der Waals surface area (Å²) in [6.07, 6.45) is 2.07. The number of benzene rings is 1. The monoisotopic (exact) mass is 312 g/mol. The summed E-state index contributed by atoms with van der Waals surface area (Å²) in [5, 5.41) is 6.65. The lowest BCUT2D eigenvalue weighted by Crippen LogP contribution is -2.47. The zero-order valence-corrected chi connectivity index (χ0v) is 13.2. The number of hydrogen-bond donors (Lipinski definition) is 2. The van der Waals surface area contributed by atoms with Crippen molar-refractivity contribution >= 4 is 30.1 Å². The maximum absolute atomic E-state index is 12.4. The fourth-order valence-corrected chi connectivity index (χ4v) is 4.17. The number of fused-ring (bicyclic) bond motifs is 1. The maximum atomic E-state index is 12.4. The summed E-state index contributed by atoms with van der Waals surface area (Å²) in [5.74, 6) is 1.12. The molecule has 1 aromatic rings. The molecule has 0 bridgehead atoms. The third kappa shape index (κ3) is 3.30. The Morgan fingerprint density at radius 1 is 1.40 bits per heavy atom. The van der Waals surface area contributed by atoms with Crippen molar-refractivity contribution in [3.8, 4) is 0 Å². The van der Waals surface area contributed by atoms with Crippen molar-refractivity contribution in [2.75, 3.05) is 12.3 Å². The van der Waals surface area contributed by atoms with E-state index in [1.165, 1.54) is 10.5 Å². The number of halogens is 1. The summed E-state index contributed by atoms with van der Waals surface area (Å²) in [4.78, 5) is 13.7. The van der Waals surface area contributed by atoms with Crippen LogP contribution in [0.4, 0.5) is 0 Å². The molecule has 1 amide bonds. The summed E-state index contributed by atoms with van der Waals surface area (Å²) in [6.45, 7) is 3.18. The molecule has 0 saturated carbocycles. The zero-order valence-electron chi connectivity index (χ0n) is 11.6. The molecule has 110 valence electrons. The molecule has 2 aliphatic rings. The molecule has 3 unspecified atom stereocenters. The quantitative estimate of drug-likeness (QED) is 0.882. The van der Waals surface area contributed by atoms with Crippen molar-refractivity contribution in [3.05, 3.63) is 29.8 Å². The van der Waals surface area contributed by atoms with Crippen molar-refractivity contribution in [1.29, 1.82) is 0 Å². The zero-order chi connectivity index (χ0) is 13.2. The van der Waals surface area contributed by atoms with Gasteiger partial charge in [0.25, 0.3) is 0 Å². The van der Waals surface area contributed by atoms with Gasteiger partial charge in [-0.2, -0.15) is 0 Å². The number of hydrogen-bond acceptors (Lipinski definition) is 3. The number of piperidine rings is 1. The van der Waals surface area contributed by atoms with Crippen LogP contribution in [0.25, 0.3) is 0 Å². The van der Waals surface area contributed by atoms with Crippen LogP contribution in [0.2, 0.25) is 0 Å². The van der Waals surface area contributed by atoms with E-state index < -0.39 is 0 Å². The van der Waals surface area contributed by atoms with Gasteiger partial charge in [0, 0.05) is 22.7 Å². The molecule has 3 rings (SSSR count). The number of thioether (sulfide) groups is 1. The van der Waals surface area contributed by atoms with Gasteiger partial charge in [-0.1, -0.05) is 18.2 Å². The van der Waals surface area contributed by atoms with Gasteiger partial charge in [-0.05, 0) is 37.9 Å². The lowest BCUT2D eigenvalue weighted by Gasteiger charge is -2.29. The average molecular weight is 313 g/mol. The molecule has 2 heterocycles. The van der Waals surface area contributed by atoms with E-state index in [-0.39, 0.29) is 24.2 Å². The molecule has 0 radical (unpaired) electrons. The van der Waals surface area contributed by atoms with Gasteiger partial charge >= 0.3 is 0 Å². The highest BCUT2D eigenvalue weighted by molar-refractivity contribution is 7.99. The van der Waals surface area contributed by atoms with Crippen LogP contribution in [-0.4, -0.2) is 30.3 Å². The van der Waals surface area contributed by atoms with Crippen LogP contribution in [0.5, 0.6) is 0 Å². The molecule has 3 nitrogen and oxygen atoms in total. The first-order valence-electron chi connectivity index (χ1n) is 6.99. The Morgan fingerprint density at radius 3 is 3.00 bits per heavy atom. The summed E-state index contributed by atoms with van der Waals surface area (Å²) in [5.41, 5.74) is 1.20. The second-order valence-corrected chi connectivity index (χ2v) is 6.55. The second-order valence-electron chi connectivity index (χ2n) is 5.49. The van der Waals surface area contributed by atoms with Crippen molar-refractivity contribution < 1.29 is 4.79 Å². The number of amides is 1. The van der Waals surface area contributed by atoms with Gasteiger partial charge in [0.2, 0.25) is 5.91 Å². The predicted molar refractivity (Wildman–Crippen MR) is 85.8 cm³/mol. The van der Waals surface area contributed by atoms with Crippen molar-refractivity contribution in [2.45, 2.75) is 42.7 Å². The standard InChI is InChI=1S/C15H20N2OS.ClH/c1-10-8-11(6-7-16-10)17-15(18)13-9-19-14-5-3-2-4-12(13)14;/h2-5,10-11,13,16H,6-9H2,1H3,(H,17,18);1H. The summed E-state index contributed by atoms with van der Waals surface area (Å²) in [6, 6.07) is 9.11. The number of carbonyl (C=O) groups excluding carboxylic acids is 1. The van der Waals surface area contributed by atoms with E-state index >= 15 is 0 Å². The first-order valence-corrected chi connectivity index (χ1v) is 7.98. The highest BCUT2D eigenvalue weighted by atomic mass is 35.5. The Labute approximate surface area is 130 Å². The minimum absolute atomic E-state index is 0. The van der Waals surface area contributed by atoms with Gasteiger partial charge in [0.1, 0.15) is 0 Å². The summed E-state index contributed by atoms with van der Waals surface area (Å²) in [7, 11) is 0. The Balaban J connectivity index is 0.00000147. The molecule has 2 N–H and O–H groups in total. The molecule has 20 heavy (non-hydrogen) atoms. The lowest BCUT2D eigenvalue weighted by molar-refractivity contribution is -0.123. The highest BCUT2D eigenvalue weighted by Crippen LogP contribution is 2.39. The molecule has 0 aliphatic carbocycles. The largest absolute Gasteiger partial charge is 0.353 e. The van der Waals surface area contributed by atoms with Crippen LogP contribution < -0.4 is 10.6 Å². The molecule has 1 saturated heterocycles. The van der Waals surface area contributed by atoms with Crippen LogP contribution in [0.1, 0.15) is 31.2 Å². The van der Waals surface area contributed by atoms with Crippen molar-refractivity contribution in [1.82, 2.24) is 10.6 Å². The third-order valence-corrected chi connectivity index (χ3v) is 5.17. The Hall–Kier alpha value is -0.710. The normalized spacial score (nSPS) is 28.4. The van der Waals surface area contributed by atoms with Crippen molar-refractivity contribution in [3.63, 3.8) is 0 Å². The third-order valence-electron chi connectivity index (χ3n) is 3.99. The number of nitrogens with one attached hydrogen (secondary N) is 2. The Morgan fingerprint density at radius 2 is 2.20 bits per heavy atom. The number of rotatable bonds is 2. The van der Waals surface area contributed by atoms with Crippen LogP contribution in [0, 0.1) is 0 Å². The van der Waals surface area contributed by atoms with Gasteiger partial charge in [-0.3, -0.25) is 4.79 Å². The predicted octanol–water partition coefficient (Wildman–Crippen LogP) is 2.55. The van der Waals surface area contributed by atoms with E-state index in [0.717, 1.165) is 25.1 Å². The minimum Gasteiger partial charge on any atom is -0.353 e. The minimum atomic E-state index is 0. The average Bonchev–Trinajstić information content (AvgIpc) is 2.82. The second kappa shape index (κ2) is 6.83. The van der Waals surface area contributed by atoms with Crippen LogP contribution >= 0.6 is 24.2 Å². The summed E-state index contributed by atoms with van der Waals surface area (Å²) >= 11 is 1.79. The molecular formula is C15H21ClN2OS. The topological polar surface area (TPSA) is 41.1 Å². The van der Waals surface area contributed by atoms with Gasteiger partial charge in [0.05, 0.1) is 5.92 Å². The Bertz CT molecular complexity index is 483. The van der Waals surface area contributed by atoms with Gasteiger partial charge < -0.3 is 10.6 Å². The van der Waals surface area contributed by atoms with E-state index in [2.05, 4.69) is 29.7 Å². The first kappa shape index (κ1) is 15.7. The van der Waals surface area contributed by atoms with E-state index in [1.807, 2.05) is 12.1 Å². The van der Waals surface area contributed by atoms with Gasteiger partial charge in [0.15, 0.2) is 0 Å². The highest BCUT2D eigenvalue weighted by Gasteiger charge is 2.30. The molecule has 1 aromatic carbocycles. The Kier molecular flexibility index (Phi) is 5.35. The van der Waals surface area contributed by atoms with Crippen molar-refractivity contribution in [2.24, 2.45) is 0 Å². The maximum Gasteiger partial charge on any atom is 0.228 e. The van der Waals surface area contributed by atoms with Gasteiger partial charge in [-0.25, -0.2) is 0 Å². The van der Waals surface area contributed by atoms with E-state index in [1.54, 1.807) is 11.8 Å². The molecule has 2 aliphatic heterocycles. The van der Waals surface area contributed by atoms with Crippen LogP contribution in [0.15, 0.2) is 29.2 Å².